The van der Waals surface area contributed by atoms with Gasteiger partial charge in [0, 0.05) is 26.7 Å². The van der Waals surface area contributed by atoms with Gasteiger partial charge in [-0.1, -0.05) is 0 Å². The van der Waals surface area contributed by atoms with Crippen molar-refractivity contribution in [3.8, 4) is 0 Å². The molecule has 0 bridgehead atoms. The van der Waals surface area contributed by atoms with Gasteiger partial charge in [0.15, 0.2) is 0 Å². The van der Waals surface area contributed by atoms with Gasteiger partial charge in [-0.25, -0.2) is 10.6 Å². The second kappa shape index (κ2) is 4.06. The highest BCUT2D eigenvalue weighted by atomic mass is 16.2. The summed E-state index contributed by atoms with van der Waals surface area (Å²) in [5, 5.41) is 0. The first-order valence-corrected chi connectivity index (χ1v) is 4.89. The molecule has 0 radical (unpaired) electrons. The summed E-state index contributed by atoms with van der Waals surface area (Å²) in [4.78, 5) is 26.3. The van der Waals surface area contributed by atoms with E-state index < -0.39 is 5.41 Å². The van der Waals surface area contributed by atoms with Crippen LogP contribution in [0.15, 0.2) is 0 Å². The van der Waals surface area contributed by atoms with E-state index in [2.05, 4.69) is 5.43 Å². The Kier molecular flexibility index (Phi) is 3.18. The minimum Gasteiger partial charge on any atom is -0.326 e. The van der Waals surface area contributed by atoms with E-state index in [1.165, 1.54) is 0 Å². The van der Waals surface area contributed by atoms with Crippen molar-refractivity contribution in [1.29, 1.82) is 0 Å². The van der Waals surface area contributed by atoms with Gasteiger partial charge in [-0.15, -0.1) is 0 Å². The van der Waals surface area contributed by atoms with Crippen molar-refractivity contribution in [2.45, 2.75) is 13.8 Å². The molecule has 1 heterocycles. The number of rotatable bonds is 3. The zero-order valence-electron chi connectivity index (χ0n) is 9.41. The van der Waals surface area contributed by atoms with Gasteiger partial charge >= 0.3 is 6.03 Å². The van der Waals surface area contributed by atoms with Gasteiger partial charge in [0.1, 0.15) is 0 Å². The number of urea groups is 1. The zero-order chi connectivity index (χ0) is 11.6. The third kappa shape index (κ3) is 2.38. The standard InChI is InChI=1S/C9H18N4O2/c1-9(2,7(14)11-10)6-13-5-4-12(3)8(13)15/h4-6,10H2,1-3H3,(H,11,14). The van der Waals surface area contributed by atoms with E-state index in [-0.39, 0.29) is 11.9 Å². The molecule has 0 atom stereocenters. The summed E-state index contributed by atoms with van der Waals surface area (Å²) in [6, 6.07) is -0.0344. The molecular weight excluding hydrogens is 196 g/mol. The van der Waals surface area contributed by atoms with Crippen LogP contribution < -0.4 is 11.3 Å². The highest BCUT2D eigenvalue weighted by molar-refractivity contribution is 5.83. The van der Waals surface area contributed by atoms with Crippen molar-refractivity contribution in [3.63, 3.8) is 0 Å². The lowest BCUT2D eigenvalue weighted by molar-refractivity contribution is -0.129. The molecule has 0 aliphatic carbocycles. The van der Waals surface area contributed by atoms with E-state index in [1.807, 2.05) is 0 Å². The van der Waals surface area contributed by atoms with Crippen LogP contribution in [-0.2, 0) is 4.79 Å². The fourth-order valence-electron chi connectivity index (χ4n) is 1.59. The van der Waals surface area contributed by atoms with E-state index >= 15 is 0 Å². The summed E-state index contributed by atoms with van der Waals surface area (Å²) in [5.74, 6) is 4.82. The second-order valence-electron chi connectivity index (χ2n) is 4.48. The number of nitrogens with one attached hydrogen (secondary N) is 1. The number of nitrogens with zero attached hydrogens (tertiary/aromatic N) is 2. The highest BCUT2D eigenvalue weighted by Crippen LogP contribution is 2.19. The lowest BCUT2D eigenvalue weighted by Gasteiger charge is -2.27. The normalized spacial score (nSPS) is 17.2. The molecule has 6 nitrogen and oxygen atoms in total. The lowest BCUT2D eigenvalue weighted by Crippen LogP contribution is -2.48. The molecule has 0 aromatic rings. The van der Waals surface area contributed by atoms with Crippen molar-refractivity contribution in [2.24, 2.45) is 11.3 Å². The van der Waals surface area contributed by atoms with Crippen molar-refractivity contribution >= 4 is 11.9 Å². The van der Waals surface area contributed by atoms with Gasteiger partial charge in [0.2, 0.25) is 5.91 Å². The average molecular weight is 214 g/mol. The van der Waals surface area contributed by atoms with Crippen LogP contribution in [0.1, 0.15) is 13.8 Å². The molecule has 15 heavy (non-hydrogen) atoms. The Morgan fingerprint density at radius 2 is 2.13 bits per heavy atom. The van der Waals surface area contributed by atoms with E-state index in [9.17, 15) is 9.59 Å². The first-order valence-electron chi connectivity index (χ1n) is 4.89. The number of carbonyl (C=O) groups is 2. The van der Waals surface area contributed by atoms with Crippen LogP contribution in [0.3, 0.4) is 0 Å². The summed E-state index contributed by atoms with van der Waals surface area (Å²) in [7, 11) is 1.75. The van der Waals surface area contributed by atoms with Crippen LogP contribution in [0.5, 0.6) is 0 Å². The number of likely N-dealkylation sites (N-methyl/N-ethyl adjacent to an activating group) is 1. The summed E-state index contributed by atoms with van der Waals surface area (Å²) in [6.07, 6.45) is 0. The van der Waals surface area contributed by atoms with Crippen molar-refractivity contribution in [2.75, 3.05) is 26.7 Å². The van der Waals surface area contributed by atoms with Gasteiger partial charge in [-0.05, 0) is 13.8 Å². The Morgan fingerprint density at radius 1 is 1.53 bits per heavy atom. The summed E-state index contributed by atoms with van der Waals surface area (Å²) < 4.78 is 0. The molecule has 1 saturated heterocycles. The summed E-state index contributed by atoms with van der Waals surface area (Å²) in [5.41, 5.74) is 1.46. The van der Waals surface area contributed by atoms with Crippen LogP contribution >= 0.6 is 0 Å². The van der Waals surface area contributed by atoms with E-state index in [0.29, 0.717) is 19.6 Å². The molecule has 1 aliphatic heterocycles. The Labute approximate surface area is 89.4 Å². The molecule has 0 spiro atoms. The molecule has 86 valence electrons. The number of hydrazine groups is 1. The molecule has 1 aliphatic rings. The van der Waals surface area contributed by atoms with Crippen molar-refractivity contribution in [1.82, 2.24) is 15.2 Å². The van der Waals surface area contributed by atoms with Gasteiger partial charge in [0.05, 0.1) is 5.41 Å². The first-order chi connectivity index (χ1) is 6.88. The maximum atomic E-state index is 11.6. The van der Waals surface area contributed by atoms with Crippen LogP contribution in [0, 0.1) is 5.41 Å². The van der Waals surface area contributed by atoms with Crippen molar-refractivity contribution in [3.05, 3.63) is 0 Å². The highest BCUT2D eigenvalue weighted by Gasteiger charge is 2.34. The predicted molar refractivity (Wildman–Crippen MR) is 55.7 cm³/mol. The van der Waals surface area contributed by atoms with Crippen molar-refractivity contribution < 1.29 is 9.59 Å². The predicted octanol–water partition coefficient (Wildman–Crippen LogP) is -0.630. The fourth-order valence-corrected chi connectivity index (χ4v) is 1.59. The minimum atomic E-state index is -0.657. The monoisotopic (exact) mass is 214 g/mol. The van der Waals surface area contributed by atoms with E-state index in [4.69, 9.17) is 5.84 Å². The van der Waals surface area contributed by atoms with Crippen LogP contribution in [0.4, 0.5) is 4.79 Å². The smallest absolute Gasteiger partial charge is 0.319 e. The molecule has 1 fully saturated rings. The van der Waals surface area contributed by atoms with Gasteiger partial charge in [-0.3, -0.25) is 10.2 Å². The molecule has 3 N–H and O–H groups in total. The third-order valence-electron chi connectivity index (χ3n) is 2.63. The maximum absolute atomic E-state index is 11.6. The van der Waals surface area contributed by atoms with Crippen LogP contribution in [0.25, 0.3) is 0 Å². The molecule has 0 aromatic carbocycles. The van der Waals surface area contributed by atoms with Gasteiger partial charge < -0.3 is 9.80 Å². The molecule has 6 heteroatoms. The minimum absolute atomic E-state index is 0.0344. The van der Waals surface area contributed by atoms with Crippen LogP contribution in [-0.4, -0.2) is 48.4 Å². The molecule has 1 rings (SSSR count). The zero-order valence-corrected chi connectivity index (χ0v) is 9.41. The Bertz CT molecular complexity index is 277. The molecule has 3 amide bonds. The van der Waals surface area contributed by atoms with Gasteiger partial charge in [-0.2, -0.15) is 0 Å². The quantitative estimate of drug-likeness (QED) is 0.373. The lowest BCUT2D eigenvalue weighted by atomic mass is 9.92. The Morgan fingerprint density at radius 3 is 2.53 bits per heavy atom. The van der Waals surface area contributed by atoms with Crippen LogP contribution in [0.2, 0.25) is 0 Å². The first kappa shape index (κ1) is 11.8. The maximum Gasteiger partial charge on any atom is 0.319 e. The number of amides is 3. The SMILES string of the molecule is CN1CCN(CC(C)(C)C(=O)NN)C1=O. The molecular formula is C9H18N4O2. The Hall–Kier alpha value is -1.30. The second-order valence-corrected chi connectivity index (χ2v) is 4.48. The number of nitrogens with two attached hydrogens (primary N) is 1. The fraction of sp³-hybridized carbons (Fsp3) is 0.778. The summed E-state index contributed by atoms with van der Waals surface area (Å²) in [6.45, 7) is 5.29. The number of hydrogen-bond donors (Lipinski definition) is 2. The van der Waals surface area contributed by atoms with Gasteiger partial charge in [0.25, 0.3) is 0 Å². The largest absolute Gasteiger partial charge is 0.326 e. The van der Waals surface area contributed by atoms with E-state index in [1.54, 1.807) is 30.7 Å². The van der Waals surface area contributed by atoms with E-state index in [0.717, 1.165) is 0 Å². The third-order valence-corrected chi connectivity index (χ3v) is 2.63. The number of carbonyl (C=O) groups excluding carboxylic acids is 2. The number of hydrogen-bond acceptors (Lipinski definition) is 3. The topological polar surface area (TPSA) is 78.7 Å². The Balaban J connectivity index is 2.62. The summed E-state index contributed by atoms with van der Waals surface area (Å²) >= 11 is 0. The average Bonchev–Trinajstić information content (AvgIpc) is 2.48. The molecule has 0 unspecified atom stereocenters. The molecule has 0 aromatic heterocycles. The molecule has 0 saturated carbocycles.